The number of halogens is 1. The summed E-state index contributed by atoms with van der Waals surface area (Å²) in [4.78, 5) is 11.3. The van der Waals surface area contributed by atoms with Crippen LogP contribution in [0.2, 0.25) is 0 Å². The van der Waals surface area contributed by atoms with Crippen LogP contribution in [0.4, 0.5) is 4.39 Å². The molecule has 2 aliphatic rings. The van der Waals surface area contributed by atoms with Crippen molar-refractivity contribution < 1.29 is 19.0 Å². The van der Waals surface area contributed by atoms with E-state index in [2.05, 4.69) is 12.2 Å². The highest BCUT2D eigenvalue weighted by Crippen LogP contribution is 2.38. The van der Waals surface area contributed by atoms with Crippen molar-refractivity contribution in [1.29, 1.82) is 0 Å². The molecule has 2 aliphatic carbocycles. The Kier molecular flexibility index (Phi) is 7.23. The minimum absolute atomic E-state index is 0.162. The van der Waals surface area contributed by atoms with E-state index in [0.717, 1.165) is 23.0 Å². The minimum Gasteiger partial charge on any atom is -0.482 e. The highest BCUT2D eigenvalue weighted by molar-refractivity contribution is 5.90. The summed E-state index contributed by atoms with van der Waals surface area (Å²) in [5, 5.41) is 9.26. The summed E-state index contributed by atoms with van der Waals surface area (Å²) >= 11 is 0. The molecule has 1 fully saturated rings. The van der Waals surface area contributed by atoms with Crippen LogP contribution in [0.1, 0.15) is 42.9 Å². The Bertz CT molecular complexity index is 874. The minimum atomic E-state index is -1.15. The van der Waals surface area contributed by atoms with E-state index in [0.29, 0.717) is 12.0 Å². The highest BCUT2D eigenvalue weighted by atomic mass is 19.1. The smallest absolute Gasteiger partial charge is 0.371 e. The summed E-state index contributed by atoms with van der Waals surface area (Å²) in [6, 6.07) is 13.6. The van der Waals surface area contributed by atoms with Crippen molar-refractivity contribution in [3.63, 3.8) is 0 Å². The molecule has 0 aromatic heterocycles. The van der Waals surface area contributed by atoms with Gasteiger partial charge in [0.05, 0.1) is 0 Å². The second-order valence-electron chi connectivity index (χ2n) is 7.50. The summed E-state index contributed by atoms with van der Waals surface area (Å²) in [6.07, 6.45) is 11.2. The molecule has 4 heteroatoms. The van der Waals surface area contributed by atoms with Gasteiger partial charge in [-0.2, -0.15) is 0 Å². The zero-order valence-corrected chi connectivity index (χ0v) is 16.7. The summed E-state index contributed by atoms with van der Waals surface area (Å²) in [5.41, 5.74) is 2.26. The lowest BCUT2D eigenvalue weighted by Crippen LogP contribution is -2.05. The summed E-state index contributed by atoms with van der Waals surface area (Å²) in [5.74, 6) is 0.332. The van der Waals surface area contributed by atoms with Gasteiger partial charge in [-0.15, -0.1) is 0 Å². The maximum Gasteiger partial charge on any atom is 0.371 e. The van der Waals surface area contributed by atoms with Gasteiger partial charge in [0, 0.05) is 0 Å². The first-order valence-electron chi connectivity index (χ1n) is 10.1. The first-order valence-corrected chi connectivity index (χ1v) is 10.1. The number of allylic oxidation sites excluding steroid dienone is 2. The molecule has 0 spiro atoms. The summed E-state index contributed by atoms with van der Waals surface area (Å²) < 4.78 is 18.6. The van der Waals surface area contributed by atoms with Gasteiger partial charge >= 0.3 is 5.97 Å². The largest absolute Gasteiger partial charge is 0.482 e. The molecule has 1 saturated carbocycles. The molecule has 4 rings (SSSR count). The summed E-state index contributed by atoms with van der Waals surface area (Å²) in [6.45, 7) is 2.05. The molecule has 29 heavy (non-hydrogen) atoms. The average Bonchev–Trinajstić information content (AvgIpc) is 3.39. The van der Waals surface area contributed by atoms with E-state index >= 15 is 0 Å². The number of rotatable bonds is 6. The van der Waals surface area contributed by atoms with Gasteiger partial charge in [-0.3, -0.25) is 0 Å². The van der Waals surface area contributed by atoms with E-state index in [1.54, 1.807) is 6.07 Å². The van der Waals surface area contributed by atoms with Crippen molar-refractivity contribution in [3.05, 3.63) is 88.9 Å². The van der Waals surface area contributed by atoms with Crippen molar-refractivity contribution in [1.82, 2.24) is 0 Å². The summed E-state index contributed by atoms with van der Waals surface area (Å²) in [7, 11) is 0. The van der Waals surface area contributed by atoms with Crippen LogP contribution in [0.5, 0.6) is 0 Å². The Hall–Kier alpha value is -2.88. The lowest BCUT2D eigenvalue weighted by atomic mass is 10.0. The lowest BCUT2D eigenvalue weighted by molar-refractivity contribution is -0.136. The number of ether oxygens (including phenoxy) is 1. The van der Waals surface area contributed by atoms with Crippen molar-refractivity contribution in [2.75, 3.05) is 0 Å². The first-order chi connectivity index (χ1) is 14.0. The number of benzene rings is 2. The van der Waals surface area contributed by atoms with Crippen molar-refractivity contribution in [2.45, 2.75) is 39.2 Å². The van der Waals surface area contributed by atoms with Gasteiger partial charge < -0.3 is 9.84 Å². The van der Waals surface area contributed by atoms with Crippen LogP contribution in [0.25, 0.3) is 6.08 Å². The number of hydrogen-bond acceptors (Lipinski definition) is 2. The van der Waals surface area contributed by atoms with E-state index in [-0.39, 0.29) is 18.2 Å². The van der Waals surface area contributed by atoms with Crippen LogP contribution in [0, 0.1) is 17.7 Å². The van der Waals surface area contributed by atoms with Crippen LogP contribution in [-0.2, 0) is 22.6 Å². The quantitative estimate of drug-likeness (QED) is 0.371. The fraction of sp³-hybridized carbons (Fsp3) is 0.320. The predicted octanol–water partition coefficient (Wildman–Crippen LogP) is 6.00. The SMILES string of the molecule is C1=CC2CCC1C2.CCc1cc(F)ccc1C=C(OCc1ccccc1)C(=O)O. The van der Waals surface area contributed by atoms with Crippen molar-refractivity contribution in [2.24, 2.45) is 11.8 Å². The number of hydrogen-bond donors (Lipinski definition) is 1. The lowest BCUT2D eigenvalue weighted by Gasteiger charge is -2.09. The van der Waals surface area contributed by atoms with Gasteiger partial charge in [-0.05, 0) is 72.4 Å². The average molecular weight is 394 g/mol. The Morgan fingerprint density at radius 1 is 1.14 bits per heavy atom. The molecule has 2 unspecified atom stereocenters. The third kappa shape index (κ3) is 6.05. The molecule has 2 atom stereocenters. The normalized spacial score (nSPS) is 19.6. The van der Waals surface area contributed by atoms with Gasteiger partial charge in [0.15, 0.2) is 0 Å². The Morgan fingerprint density at radius 3 is 2.34 bits per heavy atom. The van der Waals surface area contributed by atoms with E-state index in [1.807, 2.05) is 37.3 Å². The monoisotopic (exact) mass is 394 g/mol. The van der Waals surface area contributed by atoms with E-state index in [1.165, 1.54) is 37.5 Å². The topological polar surface area (TPSA) is 46.5 Å². The molecule has 0 amide bonds. The molecule has 1 N–H and O–H groups in total. The van der Waals surface area contributed by atoms with Gasteiger partial charge in [0.2, 0.25) is 5.76 Å². The number of fused-ring (bicyclic) bond motifs is 2. The van der Waals surface area contributed by atoms with Gasteiger partial charge in [-0.25, -0.2) is 9.18 Å². The highest BCUT2D eigenvalue weighted by Gasteiger charge is 2.25. The maximum absolute atomic E-state index is 13.2. The molecule has 0 saturated heterocycles. The molecule has 2 bridgehead atoms. The van der Waals surface area contributed by atoms with Crippen LogP contribution in [0.3, 0.4) is 0 Å². The molecular weight excluding hydrogens is 367 g/mol. The molecule has 2 aromatic carbocycles. The zero-order valence-electron chi connectivity index (χ0n) is 16.7. The van der Waals surface area contributed by atoms with E-state index < -0.39 is 5.97 Å². The van der Waals surface area contributed by atoms with Crippen molar-refractivity contribution >= 4 is 12.0 Å². The first kappa shape index (κ1) is 20.8. The van der Waals surface area contributed by atoms with Crippen molar-refractivity contribution in [3.8, 4) is 0 Å². The fourth-order valence-corrected chi connectivity index (χ4v) is 3.78. The Balaban J connectivity index is 0.000000283. The third-order valence-electron chi connectivity index (χ3n) is 5.39. The Labute approximate surface area is 171 Å². The standard InChI is InChI=1S/C18H17FO3.C7H10/c1-2-14-10-16(19)9-8-15(14)11-17(18(20)21)22-12-13-6-4-3-5-7-13;1-2-7-4-3-6(1)5-7/h3-11H,2,12H2,1H3,(H,20,21);1-2,6-7H,3-5H2. The molecular formula is C25H27FO3. The number of carboxylic acids is 1. The van der Waals surface area contributed by atoms with Crippen LogP contribution in [0.15, 0.2) is 66.4 Å². The van der Waals surface area contributed by atoms with E-state index in [9.17, 15) is 14.3 Å². The zero-order chi connectivity index (χ0) is 20.6. The Morgan fingerprint density at radius 2 is 1.83 bits per heavy atom. The maximum atomic E-state index is 13.2. The molecule has 0 radical (unpaired) electrons. The van der Waals surface area contributed by atoms with Gasteiger partial charge in [0.25, 0.3) is 0 Å². The fourth-order valence-electron chi connectivity index (χ4n) is 3.78. The number of carboxylic acid groups (broad SMARTS) is 1. The van der Waals surface area contributed by atoms with Gasteiger partial charge in [0.1, 0.15) is 12.4 Å². The predicted molar refractivity (Wildman–Crippen MR) is 113 cm³/mol. The number of aliphatic carboxylic acids is 1. The number of carbonyl (C=O) groups is 1. The van der Waals surface area contributed by atoms with Crippen LogP contribution < -0.4 is 0 Å². The van der Waals surface area contributed by atoms with Crippen LogP contribution in [-0.4, -0.2) is 11.1 Å². The molecule has 2 aromatic rings. The third-order valence-corrected chi connectivity index (χ3v) is 5.39. The molecule has 0 heterocycles. The molecule has 0 aliphatic heterocycles. The van der Waals surface area contributed by atoms with E-state index in [4.69, 9.17) is 4.74 Å². The second-order valence-corrected chi connectivity index (χ2v) is 7.50. The van der Waals surface area contributed by atoms with Gasteiger partial charge in [-0.1, -0.05) is 55.5 Å². The second kappa shape index (κ2) is 10.1. The molecule has 3 nitrogen and oxygen atoms in total. The number of aryl methyl sites for hydroxylation is 1. The molecule has 152 valence electrons. The van der Waals surface area contributed by atoms with Crippen LogP contribution >= 0.6 is 0 Å².